The third-order valence-electron chi connectivity index (χ3n) is 3.74. The normalized spacial score (nSPS) is 10.6. The lowest BCUT2D eigenvalue weighted by Crippen LogP contribution is -2.17. The summed E-state index contributed by atoms with van der Waals surface area (Å²) < 4.78 is 11.2. The van der Waals surface area contributed by atoms with Crippen LogP contribution in [0.2, 0.25) is 0 Å². The standard InChI is InChI=1S/C21H20N2O2/c1-3-13-23(2)15-20-14-21(22-25-20)18-9-11-19(12-10-18)24-16-17-7-5-4-6-8-17/h1,4-12,14H,13,15-16H2,2H3. The maximum absolute atomic E-state index is 5.80. The van der Waals surface area contributed by atoms with Gasteiger partial charge in [0, 0.05) is 11.6 Å². The Morgan fingerprint density at radius 1 is 1.12 bits per heavy atom. The van der Waals surface area contributed by atoms with Crippen molar-refractivity contribution in [1.29, 1.82) is 0 Å². The Bertz CT molecular complexity index is 832. The van der Waals surface area contributed by atoms with Crippen LogP contribution in [0, 0.1) is 12.3 Å². The summed E-state index contributed by atoms with van der Waals surface area (Å²) in [6.45, 7) is 1.76. The van der Waals surface area contributed by atoms with Crippen LogP contribution in [-0.2, 0) is 13.2 Å². The molecule has 1 heterocycles. The molecule has 0 atom stereocenters. The predicted molar refractivity (Wildman–Crippen MR) is 97.9 cm³/mol. The Labute approximate surface area is 148 Å². The molecule has 0 radical (unpaired) electrons. The molecular formula is C21H20N2O2. The molecule has 0 fully saturated rings. The molecule has 0 aliphatic carbocycles. The minimum atomic E-state index is 0.551. The summed E-state index contributed by atoms with van der Waals surface area (Å²) in [5.74, 6) is 4.22. The lowest BCUT2D eigenvalue weighted by Gasteiger charge is -2.09. The third-order valence-corrected chi connectivity index (χ3v) is 3.74. The molecule has 126 valence electrons. The molecule has 0 aliphatic rings. The van der Waals surface area contributed by atoms with E-state index in [1.54, 1.807) is 0 Å². The second-order valence-corrected chi connectivity index (χ2v) is 5.85. The van der Waals surface area contributed by atoms with Gasteiger partial charge in [0.15, 0.2) is 5.76 Å². The van der Waals surface area contributed by atoms with Crippen molar-refractivity contribution in [2.75, 3.05) is 13.6 Å². The Kier molecular flexibility index (Phi) is 5.50. The molecule has 4 nitrogen and oxygen atoms in total. The lowest BCUT2D eigenvalue weighted by atomic mass is 10.1. The van der Waals surface area contributed by atoms with Crippen molar-refractivity contribution < 1.29 is 9.26 Å². The molecular weight excluding hydrogens is 312 g/mol. The molecule has 25 heavy (non-hydrogen) atoms. The zero-order valence-corrected chi connectivity index (χ0v) is 14.2. The van der Waals surface area contributed by atoms with Crippen molar-refractivity contribution in [2.24, 2.45) is 0 Å². The summed E-state index contributed by atoms with van der Waals surface area (Å²) in [5, 5.41) is 4.13. The Balaban J connectivity index is 1.60. The summed E-state index contributed by atoms with van der Waals surface area (Å²) in [6, 6.07) is 19.9. The van der Waals surface area contributed by atoms with Crippen molar-refractivity contribution in [3.05, 3.63) is 72.0 Å². The highest BCUT2D eigenvalue weighted by atomic mass is 16.5. The summed E-state index contributed by atoms with van der Waals surface area (Å²) in [6.07, 6.45) is 5.31. The van der Waals surface area contributed by atoms with E-state index in [1.807, 2.05) is 72.6 Å². The van der Waals surface area contributed by atoms with Crippen LogP contribution >= 0.6 is 0 Å². The van der Waals surface area contributed by atoms with Gasteiger partial charge in [-0.3, -0.25) is 4.90 Å². The van der Waals surface area contributed by atoms with Gasteiger partial charge in [-0.25, -0.2) is 0 Å². The molecule has 0 aliphatic heterocycles. The number of ether oxygens (including phenoxy) is 1. The number of hydrogen-bond donors (Lipinski definition) is 0. The molecule has 3 rings (SSSR count). The van der Waals surface area contributed by atoms with Gasteiger partial charge in [0.05, 0.1) is 13.1 Å². The van der Waals surface area contributed by atoms with E-state index in [0.717, 1.165) is 28.3 Å². The second-order valence-electron chi connectivity index (χ2n) is 5.85. The minimum absolute atomic E-state index is 0.551. The first-order valence-electron chi connectivity index (χ1n) is 8.09. The number of nitrogens with zero attached hydrogens (tertiary/aromatic N) is 2. The molecule has 0 spiro atoms. The van der Waals surface area contributed by atoms with Crippen LogP contribution in [0.1, 0.15) is 11.3 Å². The predicted octanol–water partition coefficient (Wildman–Crippen LogP) is 3.99. The van der Waals surface area contributed by atoms with Gasteiger partial charge < -0.3 is 9.26 Å². The zero-order valence-electron chi connectivity index (χ0n) is 14.2. The highest BCUT2D eigenvalue weighted by Crippen LogP contribution is 2.23. The van der Waals surface area contributed by atoms with Crippen LogP contribution in [-0.4, -0.2) is 23.6 Å². The number of terminal acetylenes is 1. The summed E-state index contributed by atoms with van der Waals surface area (Å²) in [7, 11) is 1.95. The van der Waals surface area contributed by atoms with Gasteiger partial charge >= 0.3 is 0 Å². The summed E-state index contributed by atoms with van der Waals surface area (Å²) in [5.41, 5.74) is 2.93. The highest BCUT2D eigenvalue weighted by molar-refractivity contribution is 5.59. The third kappa shape index (κ3) is 4.72. The molecule has 0 saturated carbocycles. The summed E-state index contributed by atoms with van der Waals surface area (Å²) in [4.78, 5) is 1.99. The fourth-order valence-corrected chi connectivity index (χ4v) is 2.46. The minimum Gasteiger partial charge on any atom is -0.489 e. The van der Waals surface area contributed by atoms with Crippen LogP contribution in [0.3, 0.4) is 0 Å². The molecule has 0 amide bonds. The molecule has 0 saturated heterocycles. The van der Waals surface area contributed by atoms with Gasteiger partial charge in [-0.2, -0.15) is 0 Å². The molecule has 0 N–H and O–H groups in total. The second kappa shape index (κ2) is 8.18. The first-order chi connectivity index (χ1) is 12.2. The van der Waals surface area contributed by atoms with E-state index in [9.17, 15) is 0 Å². The molecule has 0 bridgehead atoms. The Morgan fingerprint density at radius 3 is 2.60 bits per heavy atom. The van der Waals surface area contributed by atoms with E-state index >= 15 is 0 Å². The van der Waals surface area contributed by atoms with Gasteiger partial charge in [0.1, 0.15) is 18.1 Å². The number of aromatic nitrogens is 1. The molecule has 3 aromatic rings. The van der Waals surface area contributed by atoms with Crippen LogP contribution in [0.25, 0.3) is 11.3 Å². The van der Waals surface area contributed by atoms with Crippen molar-refractivity contribution in [3.63, 3.8) is 0 Å². The Morgan fingerprint density at radius 2 is 1.88 bits per heavy atom. The van der Waals surface area contributed by atoms with E-state index < -0.39 is 0 Å². The van der Waals surface area contributed by atoms with Gasteiger partial charge in [0.25, 0.3) is 0 Å². The van der Waals surface area contributed by atoms with Gasteiger partial charge in [-0.05, 0) is 36.9 Å². The van der Waals surface area contributed by atoms with E-state index in [0.29, 0.717) is 19.7 Å². The van der Waals surface area contributed by atoms with Gasteiger partial charge in [-0.1, -0.05) is 41.4 Å². The van der Waals surface area contributed by atoms with Gasteiger partial charge in [-0.15, -0.1) is 6.42 Å². The maximum atomic E-state index is 5.80. The topological polar surface area (TPSA) is 38.5 Å². The first kappa shape index (κ1) is 16.8. The SMILES string of the molecule is C#CCN(C)Cc1cc(-c2ccc(OCc3ccccc3)cc2)no1. The molecule has 1 aromatic heterocycles. The van der Waals surface area contributed by atoms with E-state index in [2.05, 4.69) is 11.1 Å². The Hall–Kier alpha value is -3.03. The van der Waals surface area contributed by atoms with Crippen molar-refractivity contribution in [2.45, 2.75) is 13.2 Å². The van der Waals surface area contributed by atoms with Crippen LogP contribution in [0.5, 0.6) is 5.75 Å². The average molecular weight is 332 g/mol. The van der Waals surface area contributed by atoms with Crippen LogP contribution < -0.4 is 4.74 Å². The highest BCUT2D eigenvalue weighted by Gasteiger charge is 2.08. The van der Waals surface area contributed by atoms with Crippen molar-refractivity contribution >= 4 is 0 Å². The van der Waals surface area contributed by atoms with Crippen molar-refractivity contribution in [3.8, 4) is 29.4 Å². The maximum Gasteiger partial charge on any atom is 0.151 e. The number of hydrogen-bond acceptors (Lipinski definition) is 4. The fourth-order valence-electron chi connectivity index (χ4n) is 2.46. The molecule has 4 heteroatoms. The van der Waals surface area contributed by atoms with Crippen LogP contribution in [0.4, 0.5) is 0 Å². The first-order valence-corrected chi connectivity index (χ1v) is 8.09. The smallest absolute Gasteiger partial charge is 0.151 e. The zero-order chi connectivity index (χ0) is 17.5. The monoisotopic (exact) mass is 332 g/mol. The van der Waals surface area contributed by atoms with E-state index in [-0.39, 0.29) is 0 Å². The number of rotatable bonds is 7. The quantitative estimate of drug-likeness (QED) is 0.613. The fraction of sp³-hybridized carbons (Fsp3) is 0.190. The average Bonchev–Trinajstić information content (AvgIpc) is 3.10. The lowest BCUT2D eigenvalue weighted by molar-refractivity contribution is 0.295. The largest absolute Gasteiger partial charge is 0.489 e. The number of benzene rings is 2. The van der Waals surface area contributed by atoms with Crippen LogP contribution in [0.15, 0.2) is 65.2 Å². The van der Waals surface area contributed by atoms with Crippen molar-refractivity contribution in [1.82, 2.24) is 10.1 Å². The molecule has 0 unspecified atom stereocenters. The van der Waals surface area contributed by atoms with Gasteiger partial charge in [0.2, 0.25) is 0 Å². The summed E-state index contributed by atoms with van der Waals surface area (Å²) >= 11 is 0. The van der Waals surface area contributed by atoms with E-state index in [4.69, 9.17) is 15.7 Å². The van der Waals surface area contributed by atoms with E-state index in [1.165, 1.54) is 0 Å². The molecule has 2 aromatic carbocycles.